The topological polar surface area (TPSA) is 34.5 Å². The third-order valence-electron chi connectivity index (χ3n) is 4.23. The molecular formula is C17H17ClN2O2. The minimum Gasteiger partial charge on any atom is -0.491 e. The van der Waals surface area contributed by atoms with Crippen molar-refractivity contribution in [1.29, 1.82) is 0 Å². The summed E-state index contributed by atoms with van der Waals surface area (Å²) in [5.41, 5.74) is 1.73. The lowest BCUT2D eigenvalue weighted by Crippen LogP contribution is -2.33. The van der Waals surface area contributed by atoms with Crippen LogP contribution in [-0.2, 0) is 6.54 Å². The summed E-state index contributed by atoms with van der Waals surface area (Å²) in [4.78, 5) is 14.7. The van der Waals surface area contributed by atoms with Gasteiger partial charge in [-0.3, -0.25) is 4.79 Å². The van der Waals surface area contributed by atoms with Gasteiger partial charge in [0.1, 0.15) is 18.1 Å². The zero-order valence-electron chi connectivity index (χ0n) is 12.2. The second-order valence-corrected chi connectivity index (χ2v) is 6.30. The fraction of sp³-hybridized carbons (Fsp3) is 0.353. The molecular weight excluding hydrogens is 300 g/mol. The van der Waals surface area contributed by atoms with E-state index in [1.165, 1.54) is 0 Å². The molecule has 0 saturated heterocycles. The number of amides is 1. The lowest BCUT2D eigenvalue weighted by molar-refractivity contribution is 0.0722. The van der Waals surface area contributed by atoms with E-state index in [1.54, 1.807) is 0 Å². The summed E-state index contributed by atoms with van der Waals surface area (Å²) in [6.45, 7) is 1.62. The molecule has 114 valence electrons. The monoisotopic (exact) mass is 316 g/mol. The molecule has 4 rings (SSSR count). The number of hydrogen-bond acceptors (Lipinski definition) is 2. The molecule has 0 atom stereocenters. The molecule has 1 aromatic heterocycles. The van der Waals surface area contributed by atoms with Gasteiger partial charge in [-0.1, -0.05) is 11.6 Å². The number of hydrogen-bond donors (Lipinski definition) is 0. The molecule has 1 aromatic carbocycles. The van der Waals surface area contributed by atoms with Gasteiger partial charge in [0.15, 0.2) is 0 Å². The number of nitrogens with zero attached hydrogens (tertiary/aromatic N) is 2. The van der Waals surface area contributed by atoms with Gasteiger partial charge in [0.25, 0.3) is 5.91 Å². The van der Waals surface area contributed by atoms with Crippen LogP contribution in [0.25, 0.3) is 0 Å². The van der Waals surface area contributed by atoms with Gasteiger partial charge in [0.05, 0.1) is 6.54 Å². The quantitative estimate of drug-likeness (QED) is 0.849. The van der Waals surface area contributed by atoms with Gasteiger partial charge in [0.2, 0.25) is 0 Å². The Bertz CT molecular complexity index is 721. The van der Waals surface area contributed by atoms with E-state index in [0.717, 1.165) is 29.8 Å². The first-order valence-corrected chi connectivity index (χ1v) is 7.97. The van der Waals surface area contributed by atoms with Gasteiger partial charge in [-0.25, -0.2) is 0 Å². The summed E-state index contributed by atoms with van der Waals surface area (Å²) in [7, 11) is 0. The average molecular weight is 317 g/mol. The average Bonchev–Trinajstić information content (AvgIpc) is 3.28. The van der Waals surface area contributed by atoms with Crippen molar-refractivity contribution in [3.05, 3.63) is 52.8 Å². The van der Waals surface area contributed by atoms with Crippen LogP contribution in [0.4, 0.5) is 0 Å². The molecule has 1 aliphatic carbocycles. The number of benzene rings is 1. The zero-order valence-corrected chi connectivity index (χ0v) is 12.9. The third kappa shape index (κ3) is 2.48. The fourth-order valence-electron chi connectivity index (χ4n) is 2.94. The summed E-state index contributed by atoms with van der Waals surface area (Å²) in [5, 5.41) is 0.665. The minimum absolute atomic E-state index is 0.0633. The normalized spacial score (nSPS) is 17.6. The minimum atomic E-state index is 0.0633. The highest BCUT2D eigenvalue weighted by atomic mass is 35.5. The van der Waals surface area contributed by atoms with Gasteiger partial charge < -0.3 is 14.2 Å². The SMILES string of the molecule is O=C(c1cccn1C1CC1)N1CCOc2ccc(Cl)cc2C1. The van der Waals surface area contributed by atoms with Crippen LogP contribution in [0.3, 0.4) is 0 Å². The van der Waals surface area contributed by atoms with E-state index in [9.17, 15) is 4.79 Å². The molecule has 5 heteroatoms. The number of halogens is 1. The summed E-state index contributed by atoms with van der Waals surface area (Å²) in [6.07, 6.45) is 4.33. The summed E-state index contributed by atoms with van der Waals surface area (Å²) < 4.78 is 7.84. The maximum atomic E-state index is 12.9. The Balaban J connectivity index is 1.62. The smallest absolute Gasteiger partial charge is 0.270 e. The highest BCUT2D eigenvalue weighted by molar-refractivity contribution is 6.30. The van der Waals surface area contributed by atoms with Crippen LogP contribution in [0.15, 0.2) is 36.5 Å². The molecule has 4 nitrogen and oxygen atoms in total. The van der Waals surface area contributed by atoms with E-state index >= 15 is 0 Å². The Morgan fingerprint density at radius 1 is 1.27 bits per heavy atom. The van der Waals surface area contributed by atoms with Crippen molar-refractivity contribution in [1.82, 2.24) is 9.47 Å². The first-order chi connectivity index (χ1) is 10.7. The Labute approximate surface area is 134 Å². The summed E-state index contributed by atoms with van der Waals surface area (Å²) in [6, 6.07) is 9.92. The maximum absolute atomic E-state index is 12.9. The predicted molar refractivity (Wildman–Crippen MR) is 84.4 cm³/mol. The van der Waals surface area contributed by atoms with Crippen molar-refractivity contribution in [2.24, 2.45) is 0 Å². The number of ether oxygens (including phenoxy) is 1. The number of aromatic nitrogens is 1. The summed E-state index contributed by atoms with van der Waals surface area (Å²) in [5.74, 6) is 0.880. The second kappa shape index (κ2) is 5.36. The standard InChI is InChI=1S/C17H17ClN2O2/c18-13-3-6-16-12(10-13)11-19(8-9-22-16)17(21)15-2-1-7-20(15)14-4-5-14/h1-3,6-7,10,14H,4-5,8-9,11H2. The van der Waals surface area contributed by atoms with Gasteiger partial charge in [0, 0.05) is 29.4 Å². The molecule has 0 N–H and O–H groups in total. The lowest BCUT2D eigenvalue weighted by Gasteiger charge is -2.21. The molecule has 1 aliphatic heterocycles. The van der Waals surface area contributed by atoms with Crippen LogP contribution in [0, 0.1) is 0 Å². The van der Waals surface area contributed by atoms with Gasteiger partial charge >= 0.3 is 0 Å². The fourth-order valence-corrected chi connectivity index (χ4v) is 3.14. The Kier molecular flexibility index (Phi) is 3.34. The predicted octanol–water partition coefficient (Wildman–Crippen LogP) is 3.51. The van der Waals surface area contributed by atoms with E-state index < -0.39 is 0 Å². The molecule has 22 heavy (non-hydrogen) atoms. The van der Waals surface area contributed by atoms with Crippen molar-refractivity contribution < 1.29 is 9.53 Å². The highest BCUT2D eigenvalue weighted by Crippen LogP contribution is 2.36. The molecule has 0 radical (unpaired) electrons. The molecule has 1 fully saturated rings. The van der Waals surface area contributed by atoms with E-state index in [1.807, 2.05) is 41.4 Å². The first kappa shape index (κ1) is 13.7. The van der Waals surface area contributed by atoms with Crippen molar-refractivity contribution in [2.45, 2.75) is 25.4 Å². The van der Waals surface area contributed by atoms with Crippen LogP contribution in [0.2, 0.25) is 5.02 Å². The molecule has 1 amide bonds. The summed E-state index contributed by atoms with van der Waals surface area (Å²) >= 11 is 6.07. The second-order valence-electron chi connectivity index (χ2n) is 5.86. The zero-order chi connectivity index (χ0) is 15.1. The largest absolute Gasteiger partial charge is 0.491 e. The first-order valence-electron chi connectivity index (χ1n) is 7.60. The Morgan fingerprint density at radius 3 is 2.95 bits per heavy atom. The van der Waals surface area contributed by atoms with Crippen LogP contribution < -0.4 is 4.74 Å². The molecule has 2 heterocycles. The van der Waals surface area contributed by atoms with Crippen molar-refractivity contribution in [2.75, 3.05) is 13.2 Å². The molecule has 2 aliphatic rings. The molecule has 1 saturated carbocycles. The van der Waals surface area contributed by atoms with Gasteiger partial charge in [-0.2, -0.15) is 0 Å². The van der Waals surface area contributed by atoms with Crippen molar-refractivity contribution in [3.63, 3.8) is 0 Å². The maximum Gasteiger partial charge on any atom is 0.270 e. The lowest BCUT2D eigenvalue weighted by atomic mass is 10.2. The van der Waals surface area contributed by atoms with Crippen LogP contribution in [0.1, 0.15) is 34.9 Å². The van der Waals surface area contributed by atoms with Crippen LogP contribution >= 0.6 is 11.6 Å². The van der Waals surface area contributed by atoms with E-state index in [2.05, 4.69) is 4.57 Å². The Morgan fingerprint density at radius 2 is 2.14 bits per heavy atom. The molecule has 0 bridgehead atoms. The van der Waals surface area contributed by atoms with Gasteiger partial charge in [-0.05, 0) is 43.2 Å². The Hall–Kier alpha value is -1.94. The molecule has 0 spiro atoms. The number of rotatable bonds is 2. The van der Waals surface area contributed by atoms with Crippen molar-refractivity contribution in [3.8, 4) is 5.75 Å². The van der Waals surface area contributed by atoms with E-state index in [-0.39, 0.29) is 5.91 Å². The van der Waals surface area contributed by atoms with Crippen LogP contribution in [0.5, 0.6) is 5.75 Å². The number of carbonyl (C=O) groups is 1. The van der Waals surface area contributed by atoms with E-state index in [0.29, 0.717) is 30.8 Å². The number of carbonyl (C=O) groups excluding carboxylic acids is 1. The highest BCUT2D eigenvalue weighted by Gasteiger charge is 2.29. The molecule has 0 unspecified atom stereocenters. The third-order valence-corrected chi connectivity index (χ3v) is 4.46. The molecule has 2 aromatic rings. The number of fused-ring (bicyclic) bond motifs is 1. The van der Waals surface area contributed by atoms with E-state index in [4.69, 9.17) is 16.3 Å². The van der Waals surface area contributed by atoms with Crippen molar-refractivity contribution >= 4 is 17.5 Å². The van der Waals surface area contributed by atoms with Crippen LogP contribution in [-0.4, -0.2) is 28.5 Å². The van der Waals surface area contributed by atoms with Gasteiger partial charge in [-0.15, -0.1) is 0 Å².